The zero-order valence-corrected chi connectivity index (χ0v) is 11.9. The fourth-order valence-electron chi connectivity index (χ4n) is 2.24. The number of hydrogen-bond acceptors (Lipinski definition) is 5. The van der Waals surface area contributed by atoms with Gasteiger partial charge in [0.1, 0.15) is 11.5 Å². The van der Waals surface area contributed by atoms with E-state index in [4.69, 9.17) is 10.4 Å². The second kappa shape index (κ2) is 6.62. The van der Waals surface area contributed by atoms with Crippen LogP contribution in [-0.2, 0) is 4.79 Å². The van der Waals surface area contributed by atoms with Crippen LogP contribution in [0.2, 0.25) is 0 Å². The number of carboxylic acid groups (broad SMARTS) is 1. The van der Waals surface area contributed by atoms with Crippen LogP contribution in [0.5, 0.6) is 11.5 Å². The Morgan fingerprint density at radius 2 is 1.74 bits per heavy atom. The molecular formula is C17H13NO5. The van der Waals surface area contributed by atoms with Crippen LogP contribution in [-0.4, -0.2) is 27.1 Å². The largest absolute Gasteiger partial charge is 0.508 e. The summed E-state index contributed by atoms with van der Waals surface area (Å²) in [6, 6.07) is 11.4. The van der Waals surface area contributed by atoms with Gasteiger partial charge in [-0.25, -0.2) is 0 Å². The average Bonchev–Trinajstić information content (AvgIpc) is 2.54. The van der Waals surface area contributed by atoms with Gasteiger partial charge in [-0.2, -0.15) is 5.26 Å². The van der Waals surface area contributed by atoms with Crippen molar-refractivity contribution >= 4 is 11.8 Å². The standard InChI is InChI=1S/C17H13NO5/c18-9-10-1-3-11(4-2-10)13(8-16(21)22)17(23)14-7-12(19)5-6-15(14)20/h1-7,13,19-20H,8H2,(H,21,22). The highest BCUT2D eigenvalue weighted by molar-refractivity contribution is 6.04. The van der Waals surface area contributed by atoms with Crippen molar-refractivity contribution < 1.29 is 24.9 Å². The molecule has 0 saturated carbocycles. The number of rotatable bonds is 5. The molecule has 1 unspecified atom stereocenters. The number of phenols is 2. The molecule has 2 rings (SSSR count). The molecule has 0 radical (unpaired) electrons. The highest BCUT2D eigenvalue weighted by Gasteiger charge is 2.27. The maximum absolute atomic E-state index is 12.6. The highest BCUT2D eigenvalue weighted by atomic mass is 16.4. The summed E-state index contributed by atoms with van der Waals surface area (Å²) in [5.41, 5.74) is 0.648. The maximum Gasteiger partial charge on any atom is 0.304 e. The Labute approximate surface area is 131 Å². The number of nitriles is 1. The fraction of sp³-hybridized carbons (Fsp3) is 0.118. The van der Waals surface area contributed by atoms with Crippen molar-refractivity contribution in [1.82, 2.24) is 0 Å². The Morgan fingerprint density at radius 3 is 2.30 bits per heavy atom. The minimum atomic E-state index is -1.17. The summed E-state index contributed by atoms with van der Waals surface area (Å²) >= 11 is 0. The summed E-state index contributed by atoms with van der Waals surface area (Å²) in [7, 11) is 0. The van der Waals surface area contributed by atoms with E-state index in [2.05, 4.69) is 0 Å². The first-order valence-electron chi connectivity index (χ1n) is 6.70. The van der Waals surface area contributed by atoms with Crippen LogP contribution >= 0.6 is 0 Å². The second-order valence-electron chi connectivity index (χ2n) is 4.95. The molecule has 0 aromatic heterocycles. The van der Waals surface area contributed by atoms with Crippen LogP contribution in [0.15, 0.2) is 42.5 Å². The first kappa shape index (κ1) is 16.0. The molecule has 0 fully saturated rings. The van der Waals surface area contributed by atoms with Gasteiger partial charge in [-0.1, -0.05) is 12.1 Å². The van der Waals surface area contributed by atoms with Gasteiger partial charge in [0.15, 0.2) is 5.78 Å². The molecule has 6 nitrogen and oxygen atoms in total. The minimum Gasteiger partial charge on any atom is -0.508 e. The van der Waals surface area contributed by atoms with Gasteiger partial charge in [0.25, 0.3) is 0 Å². The third kappa shape index (κ3) is 3.66. The van der Waals surface area contributed by atoms with E-state index in [-0.39, 0.29) is 17.1 Å². The number of ketones is 1. The lowest BCUT2D eigenvalue weighted by atomic mass is 9.87. The predicted molar refractivity (Wildman–Crippen MR) is 80.3 cm³/mol. The maximum atomic E-state index is 12.6. The first-order chi connectivity index (χ1) is 10.9. The van der Waals surface area contributed by atoms with E-state index in [9.17, 15) is 19.8 Å². The first-order valence-corrected chi connectivity index (χ1v) is 6.70. The molecule has 0 aliphatic carbocycles. The molecular weight excluding hydrogens is 298 g/mol. The summed E-state index contributed by atoms with van der Waals surface area (Å²) in [6.45, 7) is 0. The summed E-state index contributed by atoms with van der Waals surface area (Å²) in [4.78, 5) is 23.7. The molecule has 2 aromatic carbocycles. The van der Waals surface area contributed by atoms with Gasteiger partial charge < -0.3 is 15.3 Å². The van der Waals surface area contributed by atoms with Crippen molar-refractivity contribution in [2.24, 2.45) is 0 Å². The van der Waals surface area contributed by atoms with E-state index in [1.807, 2.05) is 6.07 Å². The molecule has 0 aliphatic heterocycles. The van der Waals surface area contributed by atoms with Crippen molar-refractivity contribution in [3.8, 4) is 17.6 Å². The molecule has 0 heterocycles. The zero-order chi connectivity index (χ0) is 17.0. The second-order valence-corrected chi connectivity index (χ2v) is 4.95. The van der Waals surface area contributed by atoms with Crippen molar-refractivity contribution in [1.29, 1.82) is 5.26 Å². The molecule has 3 N–H and O–H groups in total. The Hall–Kier alpha value is -3.33. The summed E-state index contributed by atoms with van der Waals surface area (Å²) in [6.07, 6.45) is -0.472. The van der Waals surface area contributed by atoms with Gasteiger partial charge in [0, 0.05) is 0 Å². The SMILES string of the molecule is N#Cc1ccc(C(CC(=O)O)C(=O)c2cc(O)ccc2O)cc1. The number of carbonyl (C=O) groups excluding carboxylic acids is 1. The Morgan fingerprint density at radius 1 is 1.09 bits per heavy atom. The predicted octanol–water partition coefficient (Wildman–Crippen LogP) is 2.41. The quantitative estimate of drug-likeness (QED) is 0.576. The Bertz CT molecular complexity index is 790. The monoisotopic (exact) mass is 311 g/mol. The van der Waals surface area contributed by atoms with E-state index in [0.29, 0.717) is 11.1 Å². The minimum absolute atomic E-state index is 0.152. The third-order valence-electron chi connectivity index (χ3n) is 3.38. The van der Waals surface area contributed by atoms with Crippen LogP contribution in [0.1, 0.15) is 33.8 Å². The molecule has 2 aromatic rings. The van der Waals surface area contributed by atoms with Crippen molar-refractivity contribution in [2.45, 2.75) is 12.3 Å². The van der Waals surface area contributed by atoms with Crippen molar-refractivity contribution in [3.05, 3.63) is 59.2 Å². The van der Waals surface area contributed by atoms with E-state index in [1.54, 1.807) is 0 Å². The molecule has 0 saturated heterocycles. The third-order valence-corrected chi connectivity index (χ3v) is 3.38. The van der Waals surface area contributed by atoms with E-state index in [1.165, 1.54) is 36.4 Å². The molecule has 0 spiro atoms. The molecule has 0 bridgehead atoms. The number of Topliss-reactive ketones (excluding diaryl/α,β-unsaturated/α-hetero) is 1. The van der Waals surface area contributed by atoms with Crippen LogP contribution in [0.3, 0.4) is 0 Å². The number of aliphatic carboxylic acids is 1. The topological polar surface area (TPSA) is 119 Å². The van der Waals surface area contributed by atoms with Crippen LogP contribution in [0.25, 0.3) is 0 Å². The summed E-state index contributed by atoms with van der Waals surface area (Å²) in [5.74, 6) is -3.37. The fourth-order valence-corrected chi connectivity index (χ4v) is 2.24. The van der Waals surface area contributed by atoms with Gasteiger partial charge in [-0.15, -0.1) is 0 Å². The number of aromatic hydroxyl groups is 2. The van der Waals surface area contributed by atoms with Gasteiger partial charge in [-0.3, -0.25) is 9.59 Å². The number of phenolic OH excluding ortho intramolecular Hbond substituents is 2. The van der Waals surface area contributed by atoms with Crippen molar-refractivity contribution in [3.63, 3.8) is 0 Å². The van der Waals surface area contributed by atoms with Crippen LogP contribution < -0.4 is 0 Å². The number of hydrogen-bond donors (Lipinski definition) is 3. The molecule has 0 aliphatic rings. The highest BCUT2D eigenvalue weighted by Crippen LogP contribution is 2.30. The van der Waals surface area contributed by atoms with E-state index in [0.717, 1.165) is 6.07 Å². The lowest BCUT2D eigenvalue weighted by Crippen LogP contribution is -2.17. The molecule has 23 heavy (non-hydrogen) atoms. The van der Waals surface area contributed by atoms with Gasteiger partial charge in [0.05, 0.1) is 29.5 Å². The smallest absolute Gasteiger partial charge is 0.304 e. The summed E-state index contributed by atoms with van der Waals surface area (Å²) < 4.78 is 0. The van der Waals surface area contributed by atoms with Gasteiger partial charge in [0.2, 0.25) is 0 Å². The number of carbonyl (C=O) groups is 2. The van der Waals surface area contributed by atoms with Crippen LogP contribution in [0.4, 0.5) is 0 Å². The number of benzene rings is 2. The number of carboxylic acids is 1. The zero-order valence-electron chi connectivity index (χ0n) is 11.9. The van der Waals surface area contributed by atoms with Gasteiger partial charge >= 0.3 is 5.97 Å². The van der Waals surface area contributed by atoms with E-state index >= 15 is 0 Å². The Kier molecular flexibility index (Phi) is 4.62. The molecule has 116 valence electrons. The molecule has 1 atom stereocenters. The average molecular weight is 311 g/mol. The summed E-state index contributed by atoms with van der Waals surface area (Å²) in [5, 5.41) is 37.1. The lowest BCUT2D eigenvalue weighted by molar-refractivity contribution is -0.137. The molecule has 6 heteroatoms. The molecule has 0 amide bonds. The number of nitrogens with zero attached hydrogens (tertiary/aromatic N) is 1. The van der Waals surface area contributed by atoms with Crippen molar-refractivity contribution in [2.75, 3.05) is 0 Å². The van der Waals surface area contributed by atoms with Crippen LogP contribution in [0, 0.1) is 11.3 Å². The lowest BCUT2D eigenvalue weighted by Gasteiger charge is -2.15. The van der Waals surface area contributed by atoms with Gasteiger partial charge in [-0.05, 0) is 35.9 Å². The van der Waals surface area contributed by atoms with E-state index < -0.39 is 24.1 Å². The Balaban J connectivity index is 2.45. The normalized spacial score (nSPS) is 11.4.